The molecule has 0 saturated carbocycles. The van der Waals surface area contributed by atoms with Crippen molar-refractivity contribution in [2.45, 2.75) is 6.18 Å². The van der Waals surface area contributed by atoms with Gasteiger partial charge in [0.25, 0.3) is 17.3 Å². The van der Waals surface area contributed by atoms with Gasteiger partial charge in [0.2, 0.25) is 0 Å². The van der Waals surface area contributed by atoms with Gasteiger partial charge in [-0.05, 0) is 18.2 Å². The molecule has 0 unspecified atom stereocenters. The number of anilines is 1. The zero-order chi connectivity index (χ0) is 20.4. The number of nitrogens with zero attached hydrogens (tertiary/aromatic N) is 2. The molecule has 0 atom stereocenters. The first-order valence-corrected chi connectivity index (χ1v) is 7.24. The lowest BCUT2D eigenvalue weighted by Gasteiger charge is -2.12. The van der Waals surface area contributed by atoms with Crippen LogP contribution in [0.15, 0.2) is 36.4 Å². The Morgan fingerprint density at radius 1 is 1.04 bits per heavy atom. The quantitative estimate of drug-likeness (QED) is 0.574. The third-order valence-corrected chi connectivity index (χ3v) is 3.57. The molecule has 0 aliphatic rings. The number of carbonyl (C=O) groups excluding carboxylic acids is 1. The van der Waals surface area contributed by atoms with Gasteiger partial charge in [-0.25, -0.2) is 0 Å². The molecule has 0 saturated heterocycles. The van der Waals surface area contributed by atoms with Crippen LogP contribution in [0.1, 0.15) is 15.9 Å². The highest BCUT2D eigenvalue weighted by molar-refractivity contribution is 6.34. The second-order valence-electron chi connectivity index (χ2n) is 4.99. The van der Waals surface area contributed by atoms with Crippen LogP contribution in [0.4, 0.5) is 30.2 Å². The van der Waals surface area contributed by atoms with Crippen molar-refractivity contribution in [3.8, 4) is 0 Å². The summed E-state index contributed by atoms with van der Waals surface area (Å²) < 4.78 is 38.0. The molecule has 0 aromatic heterocycles. The summed E-state index contributed by atoms with van der Waals surface area (Å²) in [6, 6.07) is 4.69. The van der Waals surface area contributed by atoms with E-state index in [1.165, 1.54) is 0 Å². The van der Waals surface area contributed by atoms with E-state index in [0.717, 1.165) is 24.3 Å². The standard InChI is InChI=1S/C14H8ClF3N4O5/c15-10-3-2-8(21(24)25)6-9(10)13(23)20-19-11-4-1-7(14(16,17)18)5-12(11)22(26)27/h1-6,19H,(H,20,23). The van der Waals surface area contributed by atoms with Gasteiger partial charge in [0, 0.05) is 18.2 Å². The first kappa shape index (κ1) is 19.9. The van der Waals surface area contributed by atoms with Gasteiger partial charge in [0.05, 0.1) is 26.0 Å². The van der Waals surface area contributed by atoms with E-state index in [9.17, 15) is 38.2 Å². The van der Waals surface area contributed by atoms with E-state index in [1.807, 2.05) is 5.43 Å². The largest absolute Gasteiger partial charge is 0.416 e. The molecule has 0 spiro atoms. The predicted octanol–water partition coefficient (Wildman–Crippen LogP) is 3.93. The molecule has 2 N–H and O–H groups in total. The molecule has 9 nitrogen and oxygen atoms in total. The van der Waals surface area contributed by atoms with E-state index < -0.39 is 44.6 Å². The second kappa shape index (κ2) is 7.45. The van der Waals surface area contributed by atoms with Crippen molar-refractivity contribution in [3.05, 3.63) is 72.8 Å². The normalized spacial score (nSPS) is 11.0. The average Bonchev–Trinajstić information content (AvgIpc) is 2.58. The van der Waals surface area contributed by atoms with Crippen molar-refractivity contribution in [2.75, 3.05) is 5.43 Å². The summed E-state index contributed by atoms with van der Waals surface area (Å²) in [6.07, 6.45) is -4.79. The van der Waals surface area contributed by atoms with E-state index in [-0.39, 0.29) is 10.6 Å². The number of benzene rings is 2. The fourth-order valence-electron chi connectivity index (χ4n) is 1.96. The Kier molecular flexibility index (Phi) is 5.49. The maximum atomic E-state index is 12.7. The van der Waals surface area contributed by atoms with Crippen LogP contribution < -0.4 is 10.9 Å². The summed E-state index contributed by atoms with van der Waals surface area (Å²) in [5.74, 6) is -0.988. The van der Waals surface area contributed by atoms with Crippen LogP contribution in [0.5, 0.6) is 0 Å². The minimum atomic E-state index is -4.79. The second-order valence-corrected chi connectivity index (χ2v) is 5.39. The number of hydrogen-bond acceptors (Lipinski definition) is 6. The molecule has 2 rings (SSSR count). The zero-order valence-electron chi connectivity index (χ0n) is 12.9. The first-order valence-electron chi connectivity index (χ1n) is 6.86. The molecule has 0 fully saturated rings. The third-order valence-electron chi connectivity index (χ3n) is 3.24. The Balaban J connectivity index is 2.26. The Morgan fingerprint density at radius 2 is 1.70 bits per heavy atom. The van der Waals surface area contributed by atoms with Crippen LogP contribution in [0, 0.1) is 20.2 Å². The molecule has 0 bridgehead atoms. The fourth-order valence-corrected chi connectivity index (χ4v) is 2.16. The number of alkyl halides is 3. The number of halogens is 4. The molecule has 2 aromatic rings. The summed E-state index contributed by atoms with van der Waals surface area (Å²) >= 11 is 5.79. The first-order chi connectivity index (χ1) is 12.5. The van der Waals surface area contributed by atoms with Gasteiger partial charge < -0.3 is 0 Å². The van der Waals surface area contributed by atoms with Gasteiger partial charge in [-0.1, -0.05) is 11.6 Å². The lowest BCUT2D eigenvalue weighted by Crippen LogP contribution is -2.30. The molecule has 0 radical (unpaired) electrons. The minimum absolute atomic E-state index is 0.137. The molecule has 142 valence electrons. The van der Waals surface area contributed by atoms with Crippen molar-refractivity contribution in [1.82, 2.24) is 5.43 Å². The number of nitrogens with one attached hydrogen (secondary N) is 2. The number of nitro groups is 2. The minimum Gasteiger partial charge on any atom is -0.292 e. The number of nitro benzene ring substituents is 2. The molecule has 0 heterocycles. The van der Waals surface area contributed by atoms with Gasteiger partial charge in [0.1, 0.15) is 5.69 Å². The van der Waals surface area contributed by atoms with Crippen molar-refractivity contribution >= 4 is 34.6 Å². The molecule has 2 aromatic carbocycles. The Bertz CT molecular complexity index is 935. The van der Waals surface area contributed by atoms with Crippen LogP contribution in [0.3, 0.4) is 0 Å². The molecule has 13 heteroatoms. The summed E-state index contributed by atoms with van der Waals surface area (Å²) in [4.78, 5) is 32.0. The molecule has 0 aliphatic carbocycles. The lowest BCUT2D eigenvalue weighted by molar-refractivity contribution is -0.384. The highest BCUT2D eigenvalue weighted by Crippen LogP contribution is 2.34. The smallest absolute Gasteiger partial charge is 0.292 e. The van der Waals surface area contributed by atoms with Gasteiger partial charge in [-0.15, -0.1) is 0 Å². The third kappa shape index (κ3) is 4.61. The lowest BCUT2D eigenvalue weighted by atomic mass is 10.1. The summed E-state index contributed by atoms with van der Waals surface area (Å²) in [6.45, 7) is 0. The maximum Gasteiger partial charge on any atom is 0.416 e. The van der Waals surface area contributed by atoms with Crippen molar-refractivity contribution < 1.29 is 27.8 Å². The number of carbonyl (C=O) groups is 1. The molecule has 0 aliphatic heterocycles. The van der Waals surface area contributed by atoms with Gasteiger partial charge >= 0.3 is 6.18 Å². The van der Waals surface area contributed by atoms with Gasteiger partial charge in [0.15, 0.2) is 0 Å². The summed E-state index contributed by atoms with van der Waals surface area (Å²) in [5.41, 5.74) is 0.761. The predicted molar refractivity (Wildman–Crippen MR) is 87.3 cm³/mol. The topological polar surface area (TPSA) is 127 Å². The summed E-state index contributed by atoms with van der Waals surface area (Å²) in [7, 11) is 0. The van der Waals surface area contributed by atoms with Gasteiger partial charge in [-0.2, -0.15) is 13.2 Å². The average molecular weight is 405 g/mol. The molecule has 1 amide bonds. The SMILES string of the molecule is O=C(NNc1ccc(C(F)(F)F)cc1[N+](=O)[O-])c1cc([N+](=O)[O-])ccc1Cl. The van der Waals surface area contributed by atoms with Crippen LogP contribution in [-0.4, -0.2) is 15.8 Å². The zero-order valence-corrected chi connectivity index (χ0v) is 13.7. The monoisotopic (exact) mass is 404 g/mol. The summed E-state index contributed by atoms with van der Waals surface area (Å²) in [5, 5.41) is 21.6. The van der Waals surface area contributed by atoms with E-state index in [4.69, 9.17) is 11.6 Å². The van der Waals surface area contributed by atoms with Crippen LogP contribution in [0.25, 0.3) is 0 Å². The van der Waals surface area contributed by atoms with Crippen LogP contribution in [-0.2, 0) is 6.18 Å². The Morgan fingerprint density at radius 3 is 2.26 bits per heavy atom. The van der Waals surface area contributed by atoms with E-state index >= 15 is 0 Å². The molecular weight excluding hydrogens is 397 g/mol. The van der Waals surface area contributed by atoms with Crippen molar-refractivity contribution in [3.63, 3.8) is 0 Å². The highest BCUT2D eigenvalue weighted by Gasteiger charge is 2.33. The number of hydrazine groups is 1. The van der Waals surface area contributed by atoms with Crippen molar-refractivity contribution in [1.29, 1.82) is 0 Å². The van der Waals surface area contributed by atoms with Gasteiger partial charge in [-0.3, -0.25) is 35.9 Å². The number of amides is 1. The number of rotatable bonds is 5. The fraction of sp³-hybridized carbons (Fsp3) is 0.0714. The van der Waals surface area contributed by atoms with E-state index in [1.54, 1.807) is 0 Å². The number of non-ortho nitro benzene ring substituents is 1. The van der Waals surface area contributed by atoms with E-state index in [2.05, 4.69) is 5.43 Å². The molecular formula is C14H8ClF3N4O5. The number of hydrogen-bond donors (Lipinski definition) is 2. The Labute approximate surface area is 153 Å². The maximum absolute atomic E-state index is 12.7. The Hall–Kier alpha value is -3.41. The van der Waals surface area contributed by atoms with Crippen molar-refractivity contribution in [2.24, 2.45) is 0 Å². The van der Waals surface area contributed by atoms with E-state index in [0.29, 0.717) is 12.1 Å². The van der Waals surface area contributed by atoms with Crippen LogP contribution in [0.2, 0.25) is 5.02 Å². The van der Waals surface area contributed by atoms with Crippen LogP contribution >= 0.6 is 11.6 Å². The molecule has 27 heavy (non-hydrogen) atoms. The highest BCUT2D eigenvalue weighted by atomic mass is 35.5.